The Kier molecular flexibility index (Phi) is 5.61. The molecule has 1 aromatic carbocycles. The molecule has 0 atom stereocenters. The molecule has 146 valence electrons. The van der Waals surface area contributed by atoms with E-state index >= 15 is 0 Å². The van der Waals surface area contributed by atoms with E-state index in [1.807, 2.05) is 0 Å². The topological polar surface area (TPSA) is 84.3 Å². The van der Waals surface area contributed by atoms with Crippen molar-refractivity contribution in [3.63, 3.8) is 0 Å². The Morgan fingerprint density at radius 1 is 1.19 bits per heavy atom. The van der Waals surface area contributed by atoms with Crippen LogP contribution in [0.4, 0.5) is 10.1 Å². The number of para-hydroxylation sites is 1. The lowest BCUT2D eigenvalue weighted by molar-refractivity contribution is -0.117. The third-order valence-corrected chi connectivity index (χ3v) is 6.82. The van der Waals surface area contributed by atoms with Crippen LogP contribution in [0.1, 0.15) is 30.7 Å². The molecule has 2 heterocycles. The van der Waals surface area contributed by atoms with Gasteiger partial charge in [-0.25, -0.2) is 12.8 Å². The van der Waals surface area contributed by atoms with Gasteiger partial charge in [0, 0.05) is 13.1 Å². The average Bonchev–Trinajstić information content (AvgIpc) is 2.91. The number of carbonyl (C=O) groups excluding carboxylic acids is 1. The van der Waals surface area contributed by atoms with Crippen LogP contribution in [0.2, 0.25) is 0 Å². The van der Waals surface area contributed by atoms with Crippen molar-refractivity contribution in [1.82, 2.24) is 14.1 Å². The van der Waals surface area contributed by atoms with Gasteiger partial charge in [0.25, 0.3) is 0 Å². The zero-order valence-corrected chi connectivity index (χ0v) is 16.2. The van der Waals surface area contributed by atoms with Crippen molar-refractivity contribution in [2.45, 2.75) is 44.6 Å². The fourth-order valence-electron chi connectivity index (χ4n) is 3.33. The summed E-state index contributed by atoms with van der Waals surface area (Å²) in [4.78, 5) is 12.4. The molecule has 1 amide bonds. The first kappa shape index (κ1) is 19.5. The van der Waals surface area contributed by atoms with E-state index in [1.54, 1.807) is 19.9 Å². The lowest BCUT2D eigenvalue weighted by atomic mass is 10.2. The Labute approximate surface area is 158 Å². The second-order valence-corrected chi connectivity index (χ2v) is 8.53. The molecule has 0 unspecified atom stereocenters. The van der Waals surface area contributed by atoms with Crippen LogP contribution >= 0.6 is 0 Å². The molecule has 3 rings (SSSR count). The normalized spacial score (nSPS) is 15.7. The number of piperidine rings is 1. The van der Waals surface area contributed by atoms with Gasteiger partial charge in [0.15, 0.2) is 0 Å². The third kappa shape index (κ3) is 4.03. The minimum atomic E-state index is -3.65. The molecular weight excluding hydrogens is 371 g/mol. The van der Waals surface area contributed by atoms with E-state index in [1.165, 1.54) is 27.2 Å². The van der Waals surface area contributed by atoms with E-state index in [9.17, 15) is 17.6 Å². The summed E-state index contributed by atoms with van der Waals surface area (Å²) in [5.41, 5.74) is 0.837. The molecule has 1 N–H and O–H groups in total. The number of hydrogen-bond donors (Lipinski definition) is 1. The van der Waals surface area contributed by atoms with Gasteiger partial charge < -0.3 is 5.32 Å². The molecule has 27 heavy (non-hydrogen) atoms. The predicted octanol–water partition coefficient (Wildman–Crippen LogP) is 2.45. The minimum Gasteiger partial charge on any atom is -0.322 e. The maximum absolute atomic E-state index is 13.7. The summed E-state index contributed by atoms with van der Waals surface area (Å²) in [7, 11) is -3.65. The first-order chi connectivity index (χ1) is 12.8. The van der Waals surface area contributed by atoms with E-state index in [2.05, 4.69) is 10.4 Å². The summed E-state index contributed by atoms with van der Waals surface area (Å²) in [5.74, 6) is -1.01. The molecule has 0 aliphatic carbocycles. The van der Waals surface area contributed by atoms with Crippen LogP contribution in [0.3, 0.4) is 0 Å². The largest absolute Gasteiger partial charge is 0.322 e. The number of amides is 1. The Hall–Kier alpha value is -2.26. The highest BCUT2D eigenvalue weighted by Gasteiger charge is 2.32. The zero-order valence-electron chi connectivity index (χ0n) is 15.4. The molecule has 1 fully saturated rings. The standard InChI is InChI=1S/C18H23FN4O3S/c1-13-18(27(25,26)22-10-6-3-7-11-22)14(2)23(21-13)12-17(24)20-16-9-5-4-8-15(16)19/h4-5,8-9H,3,6-7,10-12H2,1-2H3,(H,20,24). The van der Waals surface area contributed by atoms with E-state index < -0.39 is 21.7 Å². The monoisotopic (exact) mass is 394 g/mol. The van der Waals surface area contributed by atoms with Gasteiger partial charge in [0.05, 0.1) is 17.1 Å². The summed E-state index contributed by atoms with van der Waals surface area (Å²) in [6, 6.07) is 5.86. The Morgan fingerprint density at radius 3 is 2.52 bits per heavy atom. The number of anilines is 1. The van der Waals surface area contributed by atoms with Gasteiger partial charge in [-0.3, -0.25) is 9.48 Å². The van der Waals surface area contributed by atoms with Crippen molar-refractivity contribution in [2.24, 2.45) is 0 Å². The van der Waals surface area contributed by atoms with Gasteiger partial charge in [-0.2, -0.15) is 9.40 Å². The highest BCUT2D eigenvalue weighted by molar-refractivity contribution is 7.89. The van der Waals surface area contributed by atoms with Crippen LogP contribution in [-0.4, -0.2) is 41.5 Å². The van der Waals surface area contributed by atoms with Crippen LogP contribution in [0.15, 0.2) is 29.2 Å². The van der Waals surface area contributed by atoms with Gasteiger partial charge in [-0.1, -0.05) is 18.6 Å². The zero-order chi connectivity index (χ0) is 19.6. The average molecular weight is 394 g/mol. The van der Waals surface area contributed by atoms with Gasteiger partial charge in [-0.15, -0.1) is 0 Å². The quantitative estimate of drug-likeness (QED) is 0.844. The maximum Gasteiger partial charge on any atom is 0.246 e. The SMILES string of the molecule is Cc1nn(CC(=O)Nc2ccccc2F)c(C)c1S(=O)(=O)N1CCCCC1. The molecular formula is C18H23FN4O3S. The van der Waals surface area contributed by atoms with Crippen LogP contribution in [0.25, 0.3) is 0 Å². The summed E-state index contributed by atoms with van der Waals surface area (Å²) >= 11 is 0. The fourth-order valence-corrected chi connectivity index (χ4v) is 5.22. The summed E-state index contributed by atoms with van der Waals surface area (Å²) in [5, 5.41) is 6.71. The molecule has 0 radical (unpaired) electrons. The molecule has 1 aliphatic heterocycles. The fraction of sp³-hybridized carbons (Fsp3) is 0.444. The van der Waals surface area contributed by atoms with Crippen LogP contribution in [0.5, 0.6) is 0 Å². The van der Waals surface area contributed by atoms with Gasteiger partial charge in [0.1, 0.15) is 17.3 Å². The molecule has 1 aliphatic rings. The Morgan fingerprint density at radius 2 is 1.85 bits per heavy atom. The molecule has 1 saturated heterocycles. The van der Waals surface area contributed by atoms with Crippen molar-refractivity contribution in [3.05, 3.63) is 41.5 Å². The molecule has 2 aromatic rings. The number of sulfonamides is 1. The van der Waals surface area contributed by atoms with E-state index in [0.29, 0.717) is 24.5 Å². The summed E-state index contributed by atoms with van der Waals surface area (Å²) in [6.45, 7) is 4.05. The predicted molar refractivity (Wildman–Crippen MR) is 99.3 cm³/mol. The van der Waals surface area contributed by atoms with Crippen molar-refractivity contribution in [1.29, 1.82) is 0 Å². The Bertz CT molecular complexity index is 950. The number of aromatic nitrogens is 2. The number of rotatable bonds is 5. The maximum atomic E-state index is 13.7. The second kappa shape index (κ2) is 7.77. The molecule has 9 heteroatoms. The number of nitrogens with one attached hydrogen (secondary N) is 1. The van der Waals surface area contributed by atoms with Crippen LogP contribution < -0.4 is 5.32 Å². The summed E-state index contributed by atoms with van der Waals surface area (Å²) in [6.07, 6.45) is 2.71. The second-order valence-electron chi connectivity index (χ2n) is 6.65. The number of benzene rings is 1. The third-order valence-electron chi connectivity index (χ3n) is 4.67. The van der Waals surface area contributed by atoms with E-state index in [4.69, 9.17) is 0 Å². The Balaban J connectivity index is 1.81. The number of halogens is 1. The van der Waals surface area contributed by atoms with Crippen molar-refractivity contribution < 1.29 is 17.6 Å². The number of nitrogens with zero attached hydrogens (tertiary/aromatic N) is 3. The van der Waals surface area contributed by atoms with E-state index in [-0.39, 0.29) is 17.1 Å². The molecule has 0 saturated carbocycles. The minimum absolute atomic E-state index is 0.0743. The molecule has 0 bridgehead atoms. The molecule has 1 aromatic heterocycles. The number of hydrogen-bond acceptors (Lipinski definition) is 4. The van der Waals surface area contributed by atoms with Crippen molar-refractivity contribution in [2.75, 3.05) is 18.4 Å². The van der Waals surface area contributed by atoms with E-state index in [0.717, 1.165) is 19.3 Å². The lowest BCUT2D eigenvalue weighted by Crippen LogP contribution is -2.36. The first-order valence-corrected chi connectivity index (χ1v) is 10.3. The van der Waals surface area contributed by atoms with Gasteiger partial charge in [0.2, 0.25) is 15.9 Å². The first-order valence-electron chi connectivity index (χ1n) is 8.89. The van der Waals surface area contributed by atoms with Crippen molar-refractivity contribution >= 4 is 21.6 Å². The highest BCUT2D eigenvalue weighted by Crippen LogP contribution is 2.26. The smallest absolute Gasteiger partial charge is 0.246 e. The molecule has 0 spiro atoms. The van der Waals surface area contributed by atoms with Crippen LogP contribution in [0, 0.1) is 19.7 Å². The van der Waals surface area contributed by atoms with Crippen LogP contribution in [-0.2, 0) is 21.4 Å². The highest BCUT2D eigenvalue weighted by atomic mass is 32.2. The number of carbonyl (C=O) groups is 1. The number of aryl methyl sites for hydroxylation is 1. The van der Waals surface area contributed by atoms with Gasteiger partial charge in [-0.05, 0) is 38.8 Å². The lowest BCUT2D eigenvalue weighted by Gasteiger charge is -2.25. The molecule has 7 nitrogen and oxygen atoms in total. The van der Waals surface area contributed by atoms with Gasteiger partial charge >= 0.3 is 0 Å². The van der Waals surface area contributed by atoms with Crippen molar-refractivity contribution in [3.8, 4) is 0 Å². The summed E-state index contributed by atoms with van der Waals surface area (Å²) < 4.78 is 42.5.